The number of nitrogens with one attached hydrogen (secondary N) is 2. The van der Waals surface area contributed by atoms with Crippen LogP contribution in [0.1, 0.15) is 27.2 Å². The maximum absolute atomic E-state index is 12.6. The van der Waals surface area contributed by atoms with E-state index in [9.17, 15) is 4.79 Å². The number of nitrogens with zero attached hydrogens (tertiary/aromatic N) is 1. The van der Waals surface area contributed by atoms with Crippen molar-refractivity contribution in [3.05, 3.63) is 77.1 Å². The molecule has 1 heterocycles. The van der Waals surface area contributed by atoms with E-state index in [1.165, 1.54) is 0 Å². The van der Waals surface area contributed by atoms with Gasteiger partial charge in [0.1, 0.15) is 11.4 Å². The van der Waals surface area contributed by atoms with Crippen LogP contribution in [0.4, 0.5) is 17.1 Å². The molecule has 0 aliphatic carbocycles. The number of anilines is 3. The van der Waals surface area contributed by atoms with Gasteiger partial charge in [0.05, 0.1) is 12.8 Å². The van der Waals surface area contributed by atoms with Crippen molar-refractivity contribution in [3.8, 4) is 5.75 Å². The highest BCUT2D eigenvalue weighted by Gasteiger charge is 2.11. The first-order valence-electron chi connectivity index (χ1n) is 8.73. The van der Waals surface area contributed by atoms with Crippen LogP contribution in [0.15, 0.2) is 54.7 Å². The van der Waals surface area contributed by atoms with Crippen molar-refractivity contribution >= 4 is 23.0 Å². The summed E-state index contributed by atoms with van der Waals surface area (Å²) in [6.07, 6.45) is 1.61. The second-order valence-corrected chi connectivity index (χ2v) is 6.46. The van der Waals surface area contributed by atoms with Crippen LogP contribution in [0.5, 0.6) is 5.75 Å². The van der Waals surface area contributed by atoms with Gasteiger partial charge in [-0.3, -0.25) is 9.78 Å². The molecule has 0 radical (unpaired) electrons. The normalized spacial score (nSPS) is 10.4. The number of rotatable bonds is 5. The van der Waals surface area contributed by atoms with E-state index in [4.69, 9.17) is 4.74 Å². The first-order chi connectivity index (χ1) is 13.0. The number of aryl methyl sites for hydroxylation is 2. The van der Waals surface area contributed by atoms with Gasteiger partial charge >= 0.3 is 0 Å². The van der Waals surface area contributed by atoms with Crippen LogP contribution < -0.4 is 15.4 Å². The Kier molecular flexibility index (Phi) is 5.41. The number of aromatic nitrogens is 1. The SMILES string of the molecule is COc1ccc(C)cc1Nc1ccnc(C(=O)Nc2cccc(C)c2C)c1. The first kappa shape index (κ1) is 18.5. The van der Waals surface area contributed by atoms with Crippen LogP contribution in [-0.4, -0.2) is 18.0 Å². The van der Waals surface area contributed by atoms with Crippen molar-refractivity contribution in [2.45, 2.75) is 20.8 Å². The van der Waals surface area contributed by atoms with Crippen molar-refractivity contribution in [3.63, 3.8) is 0 Å². The van der Waals surface area contributed by atoms with Crippen molar-refractivity contribution < 1.29 is 9.53 Å². The number of hydrogen-bond donors (Lipinski definition) is 2. The summed E-state index contributed by atoms with van der Waals surface area (Å²) in [6.45, 7) is 6.02. The van der Waals surface area contributed by atoms with Crippen molar-refractivity contribution in [1.29, 1.82) is 0 Å². The molecule has 3 aromatic rings. The molecule has 0 aliphatic heterocycles. The van der Waals surface area contributed by atoms with Gasteiger partial charge in [0.25, 0.3) is 5.91 Å². The van der Waals surface area contributed by atoms with Crippen LogP contribution >= 0.6 is 0 Å². The fraction of sp³-hybridized carbons (Fsp3) is 0.182. The van der Waals surface area contributed by atoms with E-state index in [1.54, 1.807) is 19.4 Å². The zero-order valence-corrected chi connectivity index (χ0v) is 16.0. The van der Waals surface area contributed by atoms with Gasteiger partial charge in [-0.1, -0.05) is 18.2 Å². The molecule has 0 atom stereocenters. The topological polar surface area (TPSA) is 63.2 Å². The maximum atomic E-state index is 12.6. The van der Waals surface area contributed by atoms with Crippen LogP contribution in [-0.2, 0) is 0 Å². The van der Waals surface area contributed by atoms with Gasteiger partial charge in [0, 0.05) is 17.6 Å². The molecule has 2 N–H and O–H groups in total. The number of benzene rings is 2. The molecule has 138 valence electrons. The Morgan fingerprint density at radius 2 is 1.81 bits per heavy atom. The standard InChI is InChI=1S/C22H23N3O2/c1-14-8-9-21(27-4)19(12-14)24-17-10-11-23-20(13-17)22(26)25-18-7-5-6-15(2)16(18)3/h5-13H,1-4H3,(H,23,24)(H,25,26). The lowest BCUT2D eigenvalue weighted by molar-refractivity contribution is 0.102. The average molecular weight is 361 g/mol. The Hall–Kier alpha value is -3.34. The fourth-order valence-electron chi connectivity index (χ4n) is 2.78. The molecule has 0 bridgehead atoms. The zero-order valence-electron chi connectivity index (χ0n) is 16.0. The highest BCUT2D eigenvalue weighted by atomic mass is 16.5. The van der Waals surface area contributed by atoms with Crippen molar-refractivity contribution in [2.24, 2.45) is 0 Å². The summed E-state index contributed by atoms with van der Waals surface area (Å²) in [6, 6.07) is 15.3. The summed E-state index contributed by atoms with van der Waals surface area (Å²) in [5.41, 5.74) is 6.02. The first-order valence-corrected chi connectivity index (χ1v) is 8.73. The number of pyridine rings is 1. The monoisotopic (exact) mass is 361 g/mol. The minimum Gasteiger partial charge on any atom is -0.495 e. The van der Waals surface area contributed by atoms with E-state index in [1.807, 2.05) is 63.2 Å². The smallest absolute Gasteiger partial charge is 0.274 e. The Morgan fingerprint density at radius 3 is 2.59 bits per heavy atom. The highest BCUT2D eigenvalue weighted by Crippen LogP contribution is 2.28. The van der Waals surface area contributed by atoms with Gasteiger partial charge in [0.15, 0.2) is 0 Å². The zero-order chi connectivity index (χ0) is 19.4. The summed E-state index contributed by atoms with van der Waals surface area (Å²) < 4.78 is 5.40. The number of methoxy groups -OCH3 is 1. The third kappa shape index (κ3) is 4.26. The quantitative estimate of drug-likeness (QED) is 0.670. The molecule has 5 heteroatoms. The summed E-state index contributed by atoms with van der Waals surface area (Å²) in [5.74, 6) is 0.488. The van der Waals surface area contributed by atoms with Gasteiger partial charge in [-0.2, -0.15) is 0 Å². The van der Waals surface area contributed by atoms with Crippen LogP contribution in [0.25, 0.3) is 0 Å². The van der Waals surface area contributed by atoms with E-state index in [-0.39, 0.29) is 5.91 Å². The Morgan fingerprint density at radius 1 is 1.00 bits per heavy atom. The minimum atomic E-state index is -0.247. The molecule has 0 saturated carbocycles. The lowest BCUT2D eigenvalue weighted by Gasteiger charge is -2.13. The van der Waals surface area contributed by atoms with Gasteiger partial charge < -0.3 is 15.4 Å². The van der Waals surface area contributed by atoms with Gasteiger partial charge in [-0.05, 0) is 67.8 Å². The van der Waals surface area contributed by atoms with E-state index >= 15 is 0 Å². The molecular formula is C22H23N3O2. The third-order valence-electron chi connectivity index (χ3n) is 4.48. The van der Waals surface area contributed by atoms with Gasteiger partial charge in [-0.15, -0.1) is 0 Å². The molecule has 0 unspecified atom stereocenters. The van der Waals surface area contributed by atoms with Crippen molar-refractivity contribution in [2.75, 3.05) is 17.7 Å². The molecule has 0 saturated heterocycles. The molecule has 1 aromatic heterocycles. The van der Waals surface area contributed by atoms with Crippen LogP contribution in [0, 0.1) is 20.8 Å². The average Bonchev–Trinajstić information content (AvgIpc) is 2.66. The number of hydrogen-bond acceptors (Lipinski definition) is 4. The summed E-state index contributed by atoms with van der Waals surface area (Å²) in [4.78, 5) is 16.8. The molecule has 0 spiro atoms. The Balaban J connectivity index is 1.82. The predicted octanol–water partition coefficient (Wildman–Crippen LogP) is 5.01. The van der Waals surface area contributed by atoms with Gasteiger partial charge in [0.2, 0.25) is 0 Å². The molecule has 27 heavy (non-hydrogen) atoms. The Bertz CT molecular complexity index is 983. The summed E-state index contributed by atoms with van der Waals surface area (Å²) in [7, 11) is 1.63. The van der Waals surface area contributed by atoms with E-state index in [2.05, 4.69) is 15.6 Å². The van der Waals surface area contributed by atoms with Crippen molar-refractivity contribution in [1.82, 2.24) is 4.98 Å². The number of carbonyl (C=O) groups is 1. The Labute approximate surface area is 159 Å². The number of carbonyl (C=O) groups excluding carboxylic acids is 1. The van der Waals surface area contributed by atoms with Crippen LogP contribution in [0.3, 0.4) is 0 Å². The minimum absolute atomic E-state index is 0.247. The molecule has 0 aliphatic rings. The predicted molar refractivity (Wildman–Crippen MR) is 109 cm³/mol. The molecule has 5 nitrogen and oxygen atoms in total. The van der Waals surface area contributed by atoms with E-state index in [0.29, 0.717) is 5.69 Å². The molecular weight excluding hydrogens is 338 g/mol. The molecule has 3 rings (SSSR count). The summed E-state index contributed by atoms with van der Waals surface area (Å²) >= 11 is 0. The highest BCUT2D eigenvalue weighted by molar-refractivity contribution is 6.03. The lowest BCUT2D eigenvalue weighted by Crippen LogP contribution is -2.14. The van der Waals surface area contributed by atoms with Crippen LogP contribution in [0.2, 0.25) is 0 Å². The molecule has 0 fully saturated rings. The number of amides is 1. The fourth-order valence-corrected chi connectivity index (χ4v) is 2.78. The number of ether oxygens (including phenoxy) is 1. The van der Waals surface area contributed by atoms with E-state index < -0.39 is 0 Å². The second kappa shape index (κ2) is 7.91. The van der Waals surface area contributed by atoms with E-state index in [0.717, 1.165) is 39.5 Å². The third-order valence-corrected chi connectivity index (χ3v) is 4.48. The molecule has 2 aromatic carbocycles. The molecule has 1 amide bonds. The maximum Gasteiger partial charge on any atom is 0.274 e. The largest absolute Gasteiger partial charge is 0.495 e. The summed E-state index contributed by atoms with van der Waals surface area (Å²) in [5, 5.41) is 6.24. The lowest BCUT2D eigenvalue weighted by atomic mass is 10.1. The van der Waals surface area contributed by atoms with Gasteiger partial charge in [-0.25, -0.2) is 0 Å². The second-order valence-electron chi connectivity index (χ2n) is 6.46.